The maximum absolute atomic E-state index is 12.9. The van der Waals surface area contributed by atoms with E-state index >= 15 is 0 Å². The zero-order valence-electron chi connectivity index (χ0n) is 14.3. The molecular formula is C20H16N4OS2. The summed E-state index contributed by atoms with van der Waals surface area (Å²) >= 11 is 3.13. The maximum Gasteiger partial charge on any atom is 0.259 e. The Morgan fingerprint density at radius 2 is 1.93 bits per heavy atom. The van der Waals surface area contributed by atoms with Crippen LogP contribution >= 0.6 is 23.1 Å². The van der Waals surface area contributed by atoms with Crippen LogP contribution in [0.4, 0.5) is 5.82 Å². The number of pyridine rings is 1. The highest BCUT2D eigenvalue weighted by molar-refractivity contribution is 7.99. The van der Waals surface area contributed by atoms with Crippen LogP contribution in [0.5, 0.6) is 0 Å². The van der Waals surface area contributed by atoms with Crippen molar-refractivity contribution in [1.29, 1.82) is 0 Å². The second kappa shape index (κ2) is 8.20. The van der Waals surface area contributed by atoms with Crippen molar-refractivity contribution in [3.05, 3.63) is 88.9 Å². The van der Waals surface area contributed by atoms with E-state index in [9.17, 15) is 4.79 Å². The molecule has 5 nitrogen and oxygen atoms in total. The van der Waals surface area contributed by atoms with E-state index in [-0.39, 0.29) is 5.91 Å². The normalized spacial score (nSPS) is 10.7. The molecule has 0 saturated heterocycles. The summed E-state index contributed by atoms with van der Waals surface area (Å²) in [6.07, 6.45) is 3.38. The average molecular weight is 393 g/mol. The van der Waals surface area contributed by atoms with Crippen molar-refractivity contribution in [2.24, 2.45) is 0 Å². The van der Waals surface area contributed by atoms with Gasteiger partial charge in [-0.05, 0) is 35.7 Å². The van der Waals surface area contributed by atoms with Crippen molar-refractivity contribution in [1.82, 2.24) is 14.8 Å². The first kappa shape index (κ1) is 17.5. The third kappa shape index (κ3) is 4.27. The summed E-state index contributed by atoms with van der Waals surface area (Å²) in [5.74, 6) is 0.461. The zero-order valence-corrected chi connectivity index (χ0v) is 15.9. The first-order valence-electron chi connectivity index (χ1n) is 8.33. The molecule has 4 aromatic rings. The van der Waals surface area contributed by atoms with Crippen molar-refractivity contribution in [2.45, 2.75) is 16.5 Å². The molecule has 134 valence electrons. The fraction of sp³-hybridized carbons (Fsp3) is 0.0500. The number of benzene rings is 1. The van der Waals surface area contributed by atoms with Gasteiger partial charge in [-0.25, -0.2) is 9.67 Å². The highest BCUT2D eigenvalue weighted by atomic mass is 32.2. The van der Waals surface area contributed by atoms with E-state index in [1.165, 1.54) is 16.6 Å². The molecule has 3 heterocycles. The van der Waals surface area contributed by atoms with Crippen molar-refractivity contribution in [2.75, 3.05) is 5.32 Å². The van der Waals surface area contributed by atoms with E-state index < -0.39 is 0 Å². The standard InChI is InChI=1S/C20H16N4OS2/c25-19(23-18-10-12-22-24(18)14-16-8-5-13-26-16)17-9-4-11-21-20(17)27-15-6-2-1-3-7-15/h1-13H,14H2,(H,23,25). The van der Waals surface area contributed by atoms with E-state index in [1.807, 2.05) is 47.8 Å². The van der Waals surface area contributed by atoms with Gasteiger partial charge in [-0.3, -0.25) is 4.79 Å². The molecule has 0 aliphatic rings. The molecular weight excluding hydrogens is 376 g/mol. The molecule has 1 aromatic carbocycles. The number of anilines is 1. The number of hydrogen-bond acceptors (Lipinski definition) is 5. The van der Waals surface area contributed by atoms with Gasteiger partial charge >= 0.3 is 0 Å². The van der Waals surface area contributed by atoms with Crippen LogP contribution in [0, 0.1) is 0 Å². The van der Waals surface area contributed by atoms with Crippen LogP contribution in [0.3, 0.4) is 0 Å². The van der Waals surface area contributed by atoms with Gasteiger partial charge in [0.15, 0.2) is 0 Å². The smallest absolute Gasteiger partial charge is 0.259 e. The average Bonchev–Trinajstić information content (AvgIpc) is 3.36. The number of rotatable bonds is 6. The monoisotopic (exact) mass is 392 g/mol. The van der Waals surface area contributed by atoms with Crippen LogP contribution in [0.15, 0.2) is 88.4 Å². The Bertz CT molecular complexity index is 1030. The van der Waals surface area contributed by atoms with Gasteiger partial charge in [0.25, 0.3) is 5.91 Å². The molecule has 27 heavy (non-hydrogen) atoms. The van der Waals surface area contributed by atoms with Gasteiger partial charge in [0.05, 0.1) is 18.3 Å². The van der Waals surface area contributed by atoms with E-state index in [4.69, 9.17) is 0 Å². The van der Waals surface area contributed by atoms with Crippen molar-refractivity contribution in [3.8, 4) is 0 Å². The summed E-state index contributed by atoms with van der Waals surface area (Å²) in [5.41, 5.74) is 0.537. The Morgan fingerprint density at radius 3 is 2.74 bits per heavy atom. The minimum absolute atomic E-state index is 0.200. The number of nitrogens with one attached hydrogen (secondary N) is 1. The third-order valence-corrected chi connectivity index (χ3v) is 5.71. The summed E-state index contributed by atoms with van der Waals surface area (Å²) in [5, 5.41) is 9.97. The molecule has 0 saturated carbocycles. The number of thiophene rings is 1. The molecule has 3 aromatic heterocycles. The van der Waals surface area contributed by atoms with E-state index in [2.05, 4.69) is 15.4 Å². The lowest BCUT2D eigenvalue weighted by Gasteiger charge is -2.10. The zero-order chi connectivity index (χ0) is 18.5. The molecule has 0 aliphatic heterocycles. The van der Waals surface area contributed by atoms with Gasteiger partial charge in [-0.15, -0.1) is 11.3 Å². The van der Waals surface area contributed by atoms with Crippen molar-refractivity contribution in [3.63, 3.8) is 0 Å². The molecule has 0 radical (unpaired) electrons. The Balaban J connectivity index is 1.53. The van der Waals surface area contributed by atoms with Crippen LogP contribution < -0.4 is 5.32 Å². The SMILES string of the molecule is O=C(Nc1ccnn1Cc1cccs1)c1cccnc1Sc1ccccc1. The van der Waals surface area contributed by atoms with Gasteiger partial charge < -0.3 is 5.32 Å². The Hall–Kier alpha value is -2.90. The number of carbonyl (C=O) groups excluding carboxylic acids is 1. The summed E-state index contributed by atoms with van der Waals surface area (Å²) in [6, 6.07) is 19.3. The summed E-state index contributed by atoms with van der Waals surface area (Å²) in [4.78, 5) is 19.5. The number of aromatic nitrogens is 3. The van der Waals surface area contributed by atoms with E-state index in [1.54, 1.807) is 46.6 Å². The van der Waals surface area contributed by atoms with Gasteiger partial charge in [0.1, 0.15) is 10.8 Å². The van der Waals surface area contributed by atoms with Gasteiger partial charge in [0.2, 0.25) is 0 Å². The van der Waals surface area contributed by atoms with Crippen LogP contribution in [0.2, 0.25) is 0 Å². The highest BCUT2D eigenvalue weighted by Crippen LogP contribution is 2.28. The van der Waals surface area contributed by atoms with Crippen LogP contribution in [-0.4, -0.2) is 20.7 Å². The molecule has 0 aliphatic carbocycles. The van der Waals surface area contributed by atoms with Gasteiger partial charge in [-0.2, -0.15) is 5.10 Å². The van der Waals surface area contributed by atoms with Crippen molar-refractivity contribution < 1.29 is 4.79 Å². The van der Waals surface area contributed by atoms with Crippen molar-refractivity contribution >= 4 is 34.8 Å². The fourth-order valence-electron chi connectivity index (χ4n) is 2.54. The lowest BCUT2D eigenvalue weighted by atomic mass is 10.2. The molecule has 7 heteroatoms. The Labute approximate surface area is 165 Å². The number of amides is 1. The summed E-state index contributed by atoms with van der Waals surface area (Å²) in [7, 11) is 0. The Morgan fingerprint density at radius 1 is 1.04 bits per heavy atom. The molecule has 0 fully saturated rings. The topological polar surface area (TPSA) is 59.8 Å². The molecule has 0 atom stereocenters. The quantitative estimate of drug-likeness (QED) is 0.512. The lowest BCUT2D eigenvalue weighted by Crippen LogP contribution is -2.17. The highest BCUT2D eigenvalue weighted by Gasteiger charge is 2.15. The number of carbonyl (C=O) groups is 1. The Kier molecular flexibility index (Phi) is 5.32. The minimum atomic E-state index is -0.200. The van der Waals surface area contributed by atoms with Crippen LogP contribution in [0.1, 0.15) is 15.2 Å². The molecule has 1 amide bonds. The predicted molar refractivity (Wildman–Crippen MR) is 108 cm³/mol. The number of nitrogens with zero attached hydrogens (tertiary/aromatic N) is 3. The summed E-state index contributed by atoms with van der Waals surface area (Å²) in [6.45, 7) is 0.624. The first-order valence-corrected chi connectivity index (χ1v) is 10.0. The maximum atomic E-state index is 12.9. The van der Waals surface area contributed by atoms with Gasteiger partial charge in [-0.1, -0.05) is 36.0 Å². The second-order valence-corrected chi connectivity index (χ2v) is 7.77. The molecule has 0 unspecified atom stereocenters. The van der Waals surface area contributed by atoms with Crippen LogP contribution in [0.25, 0.3) is 0 Å². The van der Waals surface area contributed by atoms with Gasteiger partial charge in [0, 0.05) is 22.0 Å². The van der Waals surface area contributed by atoms with E-state index in [0.29, 0.717) is 23.0 Å². The summed E-state index contributed by atoms with van der Waals surface area (Å²) < 4.78 is 1.78. The van der Waals surface area contributed by atoms with E-state index in [0.717, 1.165) is 4.90 Å². The largest absolute Gasteiger partial charge is 0.307 e. The molecule has 0 spiro atoms. The van der Waals surface area contributed by atoms with Crippen LogP contribution in [-0.2, 0) is 6.54 Å². The third-order valence-electron chi connectivity index (χ3n) is 3.82. The molecule has 0 bridgehead atoms. The minimum Gasteiger partial charge on any atom is -0.307 e. The first-order chi connectivity index (χ1) is 13.3. The number of hydrogen-bond donors (Lipinski definition) is 1. The second-order valence-electron chi connectivity index (χ2n) is 5.68. The predicted octanol–water partition coefficient (Wildman–Crippen LogP) is 4.79. The molecule has 1 N–H and O–H groups in total. The molecule has 4 rings (SSSR count). The fourth-order valence-corrected chi connectivity index (χ4v) is 4.13. The lowest BCUT2D eigenvalue weighted by molar-refractivity contribution is 0.102.